The molecule has 0 saturated carbocycles. The maximum atomic E-state index is 12.7. The lowest BCUT2D eigenvalue weighted by Gasteiger charge is -2.14. The molecule has 6 nitrogen and oxygen atoms in total. The third-order valence-corrected chi connectivity index (χ3v) is 5.81. The fourth-order valence-electron chi connectivity index (χ4n) is 2.56. The monoisotopic (exact) mass is 469 g/mol. The summed E-state index contributed by atoms with van der Waals surface area (Å²) in [5.74, 6) is 0.513. The number of ether oxygens (including phenoxy) is 3. The van der Waals surface area contributed by atoms with Gasteiger partial charge in [-0.2, -0.15) is 0 Å². The molecule has 0 fully saturated rings. The fourth-order valence-corrected chi connectivity index (χ4v) is 4.09. The van der Waals surface area contributed by atoms with Gasteiger partial charge in [-0.25, -0.2) is 4.79 Å². The molecule has 152 valence electrons. The highest BCUT2D eigenvalue weighted by molar-refractivity contribution is 9.10. The van der Waals surface area contributed by atoms with Crippen molar-refractivity contribution in [2.24, 2.45) is 0 Å². The van der Waals surface area contributed by atoms with Crippen LogP contribution >= 0.6 is 27.3 Å². The van der Waals surface area contributed by atoms with E-state index in [1.165, 1.54) is 18.3 Å². The number of hydrogen-bond donors (Lipinski definition) is 1. The van der Waals surface area contributed by atoms with Crippen molar-refractivity contribution < 1.29 is 23.8 Å². The number of anilines is 1. The maximum Gasteiger partial charge on any atom is 0.341 e. The van der Waals surface area contributed by atoms with Gasteiger partial charge < -0.3 is 19.5 Å². The molecule has 1 aromatic carbocycles. The van der Waals surface area contributed by atoms with Crippen molar-refractivity contribution in [3.8, 4) is 11.5 Å². The number of rotatable bonds is 8. The molecule has 0 saturated heterocycles. The van der Waals surface area contributed by atoms with Gasteiger partial charge in [0.15, 0.2) is 11.5 Å². The number of carbonyl (C=O) groups excluding carboxylic acids is 2. The number of hydrogen-bond acceptors (Lipinski definition) is 6. The normalized spacial score (nSPS) is 10.5. The Bertz CT molecular complexity index is 878. The van der Waals surface area contributed by atoms with Gasteiger partial charge in [-0.1, -0.05) is 15.9 Å². The van der Waals surface area contributed by atoms with Crippen LogP contribution in [0.1, 0.15) is 47.1 Å². The molecule has 2 rings (SSSR count). The van der Waals surface area contributed by atoms with Crippen molar-refractivity contribution in [3.05, 3.63) is 38.2 Å². The zero-order chi connectivity index (χ0) is 20.8. The van der Waals surface area contributed by atoms with Gasteiger partial charge in [-0.15, -0.1) is 11.3 Å². The molecule has 28 heavy (non-hydrogen) atoms. The summed E-state index contributed by atoms with van der Waals surface area (Å²) < 4.78 is 17.5. The first-order chi connectivity index (χ1) is 13.3. The quantitative estimate of drug-likeness (QED) is 0.535. The first-order valence-corrected chi connectivity index (χ1v) is 10.5. The number of thiophene rings is 1. The molecule has 8 heteroatoms. The van der Waals surface area contributed by atoms with Gasteiger partial charge >= 0.3 is 5.97 Å². The SMILES string of the molecule is CCOc1cc(Br)c(COC(=O)c2c(NC(C)=O)sc(C)c2C)cc1OCC. The summed E-state index contributed by atoms with van der Waals surface area (Å²) in [6.45, 7) is 10.0. The van der Waals surface area contributed by atoms with Crippen LogP contribution in [-0.2, 0) is 16.1 Å². The largest absolute Gasteiger partial charge is 0.490 e. The second-order valence-electron chi connectivity index (χ2n) is 6.00. The number of amides is 1. The number of nitrogens with one attached hydrogen (secondary N) is 1. The summed E-state index contributed by atoms with van der Waals surface area (Å²) in [5, 5.41) is 3.21. The number of aryl methyl sites for hydroxylation is 1. The van der Waals surface area contributed by atoms with Crippen LogP contribution in [0.5, 0.6) is 11.5 Å². The van der Waals surface area contributed by atoms with Gasteiger partial charge in [0.2, 0.25) is 5.91 Å². The van der Waals surface area contributed by atoms with E-state index >= 15 is 0 Å². The van der Waals surface area contributed by atoms with Crippen LogP contribution in [0.3, 0.4) is 0 Å². The van der Waals surface area contributed by atoms with Gasteiger partial charge in [0, 0.05) is 21.8 Å². The van der Waals surface area contributed by atoms with Crippen molar-refractivity contribution >= 4 is 44.1 Å². The lowest BCUT2D eigenvalue weighted by Crippen LogP contribution is -2.12. The highest BCUT2D eigenvalue weighted by atomic mass is 79.9. The third-order valence-electron chi connectivity index (χ3n) is 3.95. The Hall–Kier alpha value is -2.06. The number of halogens is 1. The predicted molar refractivity (Wildman–Crippen MR) is 114 cm³/mol. The first-order valence-electron chi connectivity index (χ1n) is 8.91. The molecule has 0 aliphatic heterocycles. The van der Waals surface area contributed by atoms with E-state index < -0.39 is 5.97 Å². The van der Waals surface area contributed by atoms with Gasteiger partial charge in [-0.3, -0.25) is 4.79 Å². The molecule has 1 aromatic heterocycles. The summed E-state index contributed by atoms with van der Waals surface area (Å²) in [4.78, 5) is 25.1. The number of benzene rings is 1. The smallest absolute Gasteiger partial charge is 0.341 e. The van der Waals surface area contributed by atoms with Gasteiger partial charge in [-0.05, 0) is 45.4 Å². The van der Waals surface area contributed by atoms with Gasteiger partial charge in [0.1, 0.15) is 11.6 Å². The van der Waals surface area contributed by atoms with Crippen LogP contribution in [0, 0.1) is 13.8 Å². The van der Waals surface area contributed by atoms with Crippen LogP contribution in [0.15, 0.2) is 16.6 Å². The highest BCUT2D eigenvalue weighted by Gasteiger charge is 2.22. The summed E-state index contributed by atoms with van der Waals surface area (Å²) in [6.07, 6.45) is 0. The molecule has 1 N–H and O–H groups in total. The summed E-state index contributed by atoms with van der Waals surface area (Å²) in [6, 6.07) is 3.60. The fraction of sp³-hybridized carbons (Fsp3) is 0.400. The topological polar surface area (TPSA) is 73.9 Å². The van der Waals surface area contributed by atoms with Gasteiger partial charge in [0.25, 0.3) is 0 Å². The molecule has 0 bridgehead atoms. The lowest BCUT2D eigenvalue weighted by atomic mass is 10.1. The molecule has 0 radical (unpaired) electrons. The molecule has 0 aliphatic carbocycles. The number of carbonyl (C=O) groups is 2. The van der Waals surface area contributed by atoms with Crippen molar-refractivity contribution in [3.63, 3.8) is 0 Å². The molecular weight excluding hydrogens is 446 g/mol. The Morgan fingerprint density at radius 3 is 2.29 bits per heavy atom. The van der Waals surface area contributed by atoms with E-state index in [0.717, 1.165) is 20.5 Å². The van der Waals surface area contributed by atoms with E-state index in [2.05, 4.69) is 21.2 Å². The van der Waals surface area contributed by atoms with Crippen LogP contribution in [0.2, 0.25) is 0 Å². The molecule has 0 unspecified atom stereocenters. The van der Waals surface area contributed by atoms with Crippen molar-refractivity contribution in [2.75, 3.05) is 18.5 Å². The standard InChI is InChI=1S/C20H24BrNO5S/c1-6-25-16-8-14(15(21)9-17(16)26-7-2)10-27-20(24)18-11(3)12(4)28-19(18)22-13(5)23/h8-9H,6-7,10H2,1-5H3,(H,22,23). The van der Waals surface area contributed by atoms with Crippen molar-refractivity contribution in [2.45, 2.75) is 41.2 Å². The minimum Gasteiger partial charge on any atom is -0.490 e. The minimum absolute atomic E-state index is 0.0553. The van der Waals surface area contributed by atoms with Gasteiger partial charge in [0.05, 0.1) is 18.8 Å². The van der Waals surface area contributed by atoms with E-state index in [1.54, 1.807) is 12.1 Å². The van der Waals surface area contributed by atoms with E-state index in [4.69, 9.17) is 14.2 Å². The van der Waals surface area contributed by atoms with E-state index in [0.29, 0.717) is 35.3 Å². The Kier molecular flexibility index (Phi) is 7.88. The average Bonchev–Trinajstić information content (AvgIpc) is 2.89. The maximum absolute atomic E-state index is 12.7. The van der Waals surface area contributed by atoms with E-state index in [9.17, 15) is 9.59 Å². The summed E-state index contributed by atoms with van der Waals surface area (Å²) in [5.41, 5.74) is 1.95. The Morgan fingerprint density at radius 2 is 1.71 bits per heavy atom. The molecule has 0 spiro atoms. The van der Waals surface area contributed by atoms with Crippen LogP contribution in [0.4, 0.5) is 5.00 Å². The molecule has 1 heterocycles. The summed E-state index contributed by atoms with van der Waals surface area (Å²) >= 11 is 4.85. The third kappa shape index (κ3) is 5.26. The zero-order valence-corrected chi connectivity index (χ0v) is 19.0. The molecule has 0 aliphatic rings. The van der Waals surface area contributed by atoms with Crippen LogP contribution < -0.4 is 14.8 Å². The van der Waals surface area contributed by atoms with Crippen molar-refractivity contribution in [1.82, 2.24) is 0 Å². The van der Waals surface area contributed by atoms with E-state index in [1.807, 2.05) is 27.7 Å². The predicted octanol–water partition coefficient (Wildman–Crippen LogP) is 5.24. The van der Waals surface area contributed by atoms with Crippen LogP contribution in [-0.4, -0.2) is 25.1 Å². The molecule has 0 atom stereocenters. The lowest BCUT2D eigenvalue weighted by molar-refractivity contribution is -0.114. The van der Waals surface area contributed by atoms with Crippen LogP contribution in [0.25, 0.3) is 0 Å². The Balaban J connectivity index is 2.23. The molecule has 2 aromatic rings. The van der Waals surface area contributed by atoms with E-state index in [-0.39, 0.29) is 12.5 Å². The average molecular weight is 470 g/mol. The second-order valence-corrected chi connectivity index (χ2v) is 8.08. The Morgan fingerprint density at radius 1 is 1.11 bits per heavy atom. The minimum atomic E-state index is -0.482. The van der Waals surface area contributed by atoms with Crippen molar-refractivity contribution in [1.29, 1.82) is 0 Å². The first kappa shape index (κ1) is 22.2. The Labute approximate surface area is 177 Å². The number of esters is 1. The zero-order valence-electron chi connectivity index (χ0n) is 16.6. The molecular formula is C20H24BrNO5S. The molecule has 1 amide bonds. The second kappa shape index (κ2) is 9.93. The summed E-state index contributed by atoms with van der Waals surface area (Å²) in [7, 11) is 0. The highest BCUT2D eigenvalue weighted by Crippen LogP contribution is 2.36.